The van der Waals surface area contributed by atoms with Crippen molar-refractivity contribution in [2.45, 2.75) is 0 Å². The fourth-order valence-corrected chi connectivity index (χ4v) is 2.91. The van der Waals surface area contributed by atoms with Gasteiger partial charge >= 0.3 is 0 Å². The van der Waals surface area contributed by atoms with Gasteiger partial charge in [-0.15, -0.1) is 0 Å². The first-order valence-corrected chi connectivity index (χ1v) is 8.02. The second-order valence-electron chi connectivity index (χ2n) is 5.64. The third-order valence-corrected chi connectivity index (χ3v) is 4.35. The number of piperazine rings is 1. The minimum Gasteiger partial charge on any atom is -0.367 e. The second kappa shape index (κ2) is 7.11. The number of rotatable bonds is 4. The number of anilines is 1. The standard InChI is InChI=1S/C18H18ClFN2O/c19-15-7-5-14(6-8-15)18(23)13-21-9-11-22(12-10-21)17-4-2-1-3-16(17)20/h1-8H,9-13H2. The molecule has 2 aromatic rings. The molecule has 3 rings (SSSR count). The van der Waals surface area contributed by atoms with Crippen molar-refractivity contribution in [3.63, 3.8) is 0 Å². The van der Waals surface area contributed by atoms with Gasteiger partial charge in [0, 0.05) is 36.8 Å². The zero-order chi connectivity index (χ0) is 16.2. The number of carbonyl (C=O) groups excluding carboxylic acids is 1. The highest BCUT2D eigenvalue weighted by Crippen LogP contribution is 2.20. The van der Waals surface area contributed by atoms with Gasteiger partial charge in [0.25, 0.3) is 0 Å². The van der Waals surface area contributed by atoms with Gasteiger partial charge in [0.2, 0.25) is 0 Å². The molecular formula is C18H18ClFN2O. The summed E-state index contributed by atoms with van der Waals surface area (Å²) in [4.78, 5) is 16.4. The van der Waals surface area contributed by atoms with Crippen LogP contribution in [0.4, 0.5) is 10.1 Å². The summed E-state index contributed by atoms with van der Waals surface area (Å²) in [6.07, 6.45) is 0. The molecule has 2 aromatic carbocycles. The molecule has 120 valence electrons. The summed E-state index contributed by atoms with van der Waals surface area (Å²) in [6, 6.07) is 13.8. The minimum atomic E-state index is -0.196. The lowest BCUT2D eigenvalue weighted by molar-refractivity contribution is 0.0926. The number of hydrogen-bond donors (Lipinski definition) is 0. The molecule has 0 unspecified atom stereocenters. The van der Waals surface area contributed by atoms with Crippen molar-refractivity contribution in [1.82, 2.24) is 4.90 Å². The molecule has 1 aliphatic heterocycles. The summed E-state index contributed by atoms with van der Waals surface area (Å²) in [5.41, 5.74) is 1.31. The van der Waals surface area contributed by atoms with E-state index in [-0.39, 0.29) is 11.6 Å². The molecular weight excluding hydrogens is 315 g/mol. The molecule has 0 atom stereocenters. The maximum Gasteiger partial charge on any atom is 0.176 e. The molecule has 0 bridgehead atoms. The van der Waals surface area contributed by atoms with Crippen molar-refractivity contribution in [2.75, 3.05) is 37.6 Å². The fourth-order valence-electron chi connectivity index (χ4n) is 2.79. The molecule has 0 saturated carbocycles. The molecule has 0 amide bonds. The molecule has 0 radical (unpaired) electrons. The summed E-state index contributed by atoms with van der Waals surface area (Å²) in [6.45, 7) is 3.30. The van der Waals surface area contributed by atoms with E-state index in [1.54, 1.807) is 36.4 Å². The molecule has 0 aromatic heterocycles. The fraction of sp³-hybridized carbons (Fsp3) is 0.278. The van der Waals surface area contributed by atoms with E-state index >= 15 is 0 Å². The van der Waals surface area contributed by atoms with E-state index in [1.165, 1.54) is 6.07 Å². The molecule has 1 fully saturated rings. The second-order valence-corrected chi connectivity index (χ2v) is 6.08. The van der Waals surface area contributed by atoms with Gasteiger partial charge < -0.3 is 4.90 Å². The first-order chi connectivity index (χ1) is 11.1. The quantitative estimate of drug-likeness (QED) is 0.801. The predicted octanol–water partition coefficient (Wildman–Crippen LogP) is 3.48. The summed E-state index contributed by atoms with van der Waals surface area (Å²) >= 11 is 5.84. The molecule has 0 spiro atoms. The predicted molar refractivity (Wildman–Crippen MR) is 90.8 cm³/mol. The van der Waals surface area contributed by atoms with Crippen LogP contribution in [0.2, 0.25) is 5.02 Å². The zero-order valence-electron chi connectivity index (χ0n) is 12.7. The smallest absolute Gasteiger partial charge is 0.176 e. The number of carbonyl (C=O) groups is 1. The Morgan fingerprint density at radius 3 is 2.30 bits per heavy atom. The molecule has 5 heteroatoms. The Hall–Kier alpha value is -1.91. The van der Waals surface area contributed by atoms with Gasteiger partial charge in [0.05, 0.1) is 12.2 Å². The Balaban J connectivity index is 1.56. The minimum absolute atomic E-state index is 0.0843. The van der Waals surface area contributed by atoms with E-state index in [0.717, 1.165) is 26.2 Å². The van der Waals surface area contributed by atoms with Crippen LogP contribution in [0.5, 0.6) is 0 Å². The topological polar surface area (TPSA) is 23.6 Å². The van der Waals surface area contributed by atoms with Crippen molar-refractivity contribution in [3.8, 4) is 0 Å². The zero-order valence-corrected chi connectivity index (χ0v) is 13.5. The summed E-state index contributed by atoms with van der Waals surface area (Å²) in [5.74, 6) is -0.112. The van der Waals surface area contributed by atoms with E-state index in [9.17, 15) is 9.18 Å². The molecule has 23 heavy (non-hydrogen) atoms. The normalized spacial score (nSPS) is 15.7. The number of halogens is 2. The third-order valence-electron chi connectivity index (χ3n) is 4.10. The van der Waals surface area contributed by atoms with Crippen molar-refractivity contribution < 1.29 is 9.18 Å². The molecule has 1 heterocycles. The Morgan fingerprint density at radius 1 is 1.00 bits per heavy atom. The van der Waals surface area contributed by atoms with Crippen molar-refractivity contribution in [3.05, 3.63) is 64.9 Å². The van der Waals surface area contributed by atoms with Crippen LogP contribution in [-0.4, -0.2) is 43.4 Å². The molecule has 0 N–H and O–H groups in total. The Bertz CT molecular complexity index is 682. The lowest BCUT2D eigenvalue weighted by Gasteiger charge is -2.35. The van der Waals surface area contributed by atoms with E-state index in [2.05, 4.69) is 4.90 Å². The molecule has 3 nitrogen and oxygen atoms in total. The van der Waals surface area contributed by atoms with Gasteiger partial charge in [-0.1, -0.05) is 23.7 Å². The van der Waals surface area contributed by atoms with Gasteiger partial charge in [-0.05, 0) is 36.4 Å². The van der Waals surface area contributed by atoms with Crippen LogP contribution >= 0.6 is 11.6 Å². The van der Waals surface area contributed by atoms with Crippen LogP contribution in [0.1, 0.15) is 10.4 Å². The van der Waals surface area contributed by atoms with Crippen LogP contribution in [0.3, 0.4) is 0 Å². The number of para-hydroxylation sites is 1. The SMILES string of the molecule is O=C(CN1CCN(c2ccccc2F)CC1)c1ccc(Cl)cc1. The largest absolute Gasteiger partial charge is 0.367 e. The number of benzene rings is 2. The van der Waals surface area contributed by atoms with Crippen LogP contribution in [0, 0.1) is 5.82 Å². The molecule has 1 aliphatic rings. The first-order valence-electron chi connectivity index (χ1n) is 7.64. The van der Waals surface area contributed by atoms with E-state index < -0.39 is 0 Å². The highest BCUT2D eigenvalue weighted by Gasteiger charge is 2.21. The average Bonchev–Trinajstić information content (AvgIpc) is 2.57. The van der Waals surface area contributed by atoms with Crippen LogP contribution in [0.25, 0.3) is 0 Å². The van der Waals surface area contributed by atoms with Crippen molar-refractivity contribution in [1.29, 1.82) is 0 Å². The molecule has 1 saturated heterocycles. The van der Waals surface area contributed by atoms with E-state index in [1.807, 2.05) is 11.0 Å². The summed E-state index contributed by atoms with van der Waals surface area (Å²) in [7, 11) is 0. The van der Waals surface area contributed by atoms with Gasteiger partial charge in [-0.25, -0.2) is 4.39 Å². The third kappa shape index (κ3) is 3.89. The van der Waals surface area contributed by atoms with Crippen LogP contribution in [0.15, 0.2) is 48.5 Å². The van der Waals surface area contributed by atoms with E-state index in [0.29, 0.717) is 22.8 Å². The van der Waals surface area contributed by atoms with Gasteiger partial charge in [-0.2, -0.15) is 0 Å². The van der Waals surface area contributed by atoms with Gasteiger partial charge in [0.1, 0.15) is 5.82 Å². The molecule has 0 aliphatic carbocycles. The number of hydrogen-bond acceptors (Lipinski definition) is 3. The maximum absolute atomic E-state index is 13.8. The van der Waals surface area contributed by atoms with Crippen LogP contribution < -0.4 is 4.90 Å². The van der Waals surface area contributed by atoms with Crippen LogP contribution in [-0.2, 0) is 0 Å². The first kappa shape index (κ1) is 16.0. The van der Waals surface area contributed by atoms with Gasteiger partial charge in [0.15, 0.2) is 5.78 Å². The Labute approximate surface area is 140 Å². The Morgan fingerprint density at radius 2 is 1.65 bits per heavy atom. The number of Topliss-reactive ketones (excluding diaryl/α,β-unsaturated/α-hetero) is 1. The van der Waals surface area contributed by atoms with Crippen molar-refractivity contribution in [2.24, 2.45) is 0 Å². The van der Waals surface area contributed by atoms with Crippen molar-refractivity contribution >= 4 is 23.1 Å². The monoisotopic (exact) mass is 332 g/mol. The number of nitrogens with zero attached hydrogens (tertiary/aromatic N) is 2. The maximum atomic E-state index is 13.8. The summed E-state index contributed by atoms with van der Waals surface area (Å²) < 4.78 is 13.8. The number of ketones is 1. The lowest BCUT2D eigenvalue weighted by Crippen LogP contribution is -2.48. The Kier molecular flexibility index (Phi) is 4.94. The van der Waals surface area contributed by atoms with E-state index in [4.69, 9.17) is 11.6 Å². The average molecular weight is 333 g/mol. The highest BCUT2D eigenvalue weighted by molar-refractivity contribution is 6.30. The van der Waals surface area contributed by atoms with Gasteiger partial charge in [-0.3, -0.25) is 9.69 Å². The summed E-state index contributed by atoms with van der Waals surface area (Å²) in [5, 5.41) is 0.625. The lowest BCUT2D eigenvalue weighted by atomic mass is 10.1. The highest BCUT2D eigenvalue weighted by atomic mass is 35.5.